The highest BCUT2D eigenvalue weighted by Gasteiger charge is 2.27. The van der Waals surface area contributed by atoms with E-state index in [0.717, 1.165) is 37.0 Å². The van der Waals surface area contributed by atoms with Crippen LogP contribution in [0.25, 0.3) is 6.08 Å². The van der Waals surface area contributed by atoms with Gasteiger partial charge in [0.1, 0.15) is 11.4 Å². The SMILES string of the molecule is CC(C)=CCCC(C)=CCC[C@@]1(C)C=Cc2cc(C(=O)O)ccc2O1. The van der Waals surface area contributed by atoms with Crippen LogP contribution in [0, 0.1) is 0 Å². The maximum atomic E-state index is 11.1. The minimum Gasteiger partial charge on any atom is -0.483 e. The Kier molecular flexibility index (Phi) is 6.24. The summed E-state index contributed by atoms with van der Waals surface area (Å²) in [5.74, 6) is -0.169. The molecule has 1 aliphatic heterocycles. The van der Waals surface area contributed by atoms with Crippen LogP contribution in [-0.4, -0.2) is 16.7 Å². The first kappa shape index (κ1) is 19.0. The summed E-state index contributed by atoms with van der Waals surface area (Å²) >= 11 is 0. The molecular weight excluding hydrogens is 312 g/mol. The van der Waals surface area contributed by atoms with Crippen LogP contribution in [0.3, 0.4) is 0 Å². The summed E-state index contributed by atoms with van der Waals surface area (Å²) in [4.78, 5) is 11.1. The molecule has 0 fully saturated rings. The molecule has 0 bridgehead atoms. The normalized spacial score (nSPS) is 19.1. The van der Waals surface area contributed by atoms with Crippen molar-refractivity contribution in [3.63, 3.8) is 0 Å². The summed E-state index contributed by atoms with van der Waals surface area (Å²) in [7, 11) is 0. The Hall–Kier alpha value is -2.29. The zero-order valence-electron chi connectivity index (χ0n) is 15.6. The summed E-state index contributed by atoms with van der Waals surface area (Å²) in [6.45, 7) is 8.51. The summed E-state index contributed by atoms with van der Waals surface area (Å²) in [5, 5.41) is 9.07. The fourth-order valence-corrected chi connectivity index (χ4v) is 2.89. The molecule has 1 N–H and O–H groups in total. The molecular formula is C22H28O3. The van der Waals surface area contributed by atoms with Crippen molar-refractivity contribution >= 4 is 12.0 Å². The molecule has 1 heterocycles. The number of rotatable bonds is 7. The van der Waals surface area contributed by atoms with E-state index in [2.05, 4.69) is 39.8 Å². The molecule has 1 aliphatic rings. The number of carbonyl (C=O) groups is 1. The Balaban J connectivity index is 1.94. The second kappa shape index (κ2) is 8.19. The zero-order chi connectivity index (χ0) is 18.4. The molecule has 0 unspecified atom stereocenters. The number of aromatic carboxylic acids is 1. The summed E-state index contributed by atoms with van der Waals surface area (Å²) in [6, 6.07) is 5.00. The van der Waals surface area contributed by atoms with Crippen LogP contribution in [0.15, 0.2) is 47.6 Å². The van der Waals surface area contributed by atoms with E-state index in [0.29, 0.717) is 0 Å². The minimum atomic E-state index is -0.918. The Morgan fingerprint density at radius 2 is 1.96 bits per heavy atom. The monoisotopic (exact) mass is 340 g/mol. The lowest BCUT2D eigenvalue weighted by atomic mass is 9.94. The van der Waals surface area contributed by atoms with Gasteiger partial charge in [-0.05, 0) is 77.7 Å². The molecule has 2 rings (SSSR count). The predicted molar refractivity (Wildman–Crippen MR) is 103 cm³/mol. The molecule has 0 spiro atoms. The first-order valence-corrected chi connectivity index (χ1v) is 8.84. The van der Waals surface area contributed by atoms with Crippen molar-refractivity contribution < 1.29 is 14.6 Å². The lowest BCUT2D eigenvalue weighted by molar-refractivity contribution is 0.0696. The molecule has 1 aromatic rings. The van der Waals surface area contributed by atoms with Crippen LogP contribution in [0.1, 0.15) is 69.3 Å². The first-order valence-electron chi connectivity index (χ1n) is 8.84. The van der Waals surface area contributed by atoms with Crippen molar-refractivity contribution in [2.24, 2.45) is 0 Å². The van der Waals surface area contributed by atoms with Gasteiger partial charge >= 0.3 is 5.97 Å². The van der Waals surface area contributed by atoms with Gasteiger partial charge in [0, 0.05) is 5.56 Å². The number of carboxylic acid groups (broad SMARTS) is 1. The van der Waals surface area contributed by atoms with Crippen LogP contribution in [-0.2, 0) is 0 Å². The molecule has 3 nitrogen and oxygen atoms in total. The lowest BCUT2D eigenvalue weighted by Crippen LogP contribution is -2.31. The smallest absolute Gasteiger partial charge is 0.335 e. The zero-order valence-corrected chi connectivity index (χ0v) is 15.6. The highest BCUT2D eigenvalue weighted by atomic mass is 16.5. The number of hydrogen-bond acceptors (Lipinski definition) is 2. The second-order valence-electron chi connectivity index (χ2n) is 7.22. The third-order valence-electron chi connectivity index (χ3n) is 4.44. The molecule has 0 amide bonds. The molecule has 0 saturated carbocycles. The number of benzene rings is 1. The first-order chi connectivity index (χ1) is 11.8. The summed E-state index contributed by atoms with van der Waals surface area (Å²) in [6.07, 6.45) is 12.6. The molecule has 0 aliphatic carbocycles. The van der Waals surface area contributed by atoms with E-state index in [1.165, 1.54) is 11.1 Å². The van der Waals surface area contributed by atoms with Gasteiger partial charge in [-0.1, -0.05) is 29.4 Å². The molecule has 1 aromatic carbocycles. The van der Waals surface area contributed by atoms with E-state index in [9.17, 15) is 4.79 Å². The fourth-order valence-electron chi connectivity index (χ4n) is 2.89. The van der Waals surface area contributed by atoms with Crippen molar-refractivity contribution in [2.45, 2.75) is 59.0 Å². The van der Waals surface area contributed by atoms with Crippen molar-refractivity contribution in [2.75, 3.05) is 0 Å². The van der Waals surface area contributed by atoms with Crippen LogP contribution in [0.5, 0.6) is 5.75 Å². The maximum Gasteiger partial charge on any atom is 0.335 e. The van der Waals surface area contributed by atoms with Gasteiger partial charge in [0.05, 0.1) is 5.56 Å². The van der Waals surface area contributed by atoms with E-state index in [-0.39, 0.29) is 11.2 Å². The van der Waals surface area contributed by atoms with E-state index in [1.807, 2.05) is 12.2 Å². The van der Waals surface area contributed by atoms with Crippen molar-refractivity contribution in [3.05, 3.63) is 58.7 Å². The van der Waals surface area contributed by atoms with E-state index in [1.54, 1.807) is 18.2 Å². The number of fused-ring (bicyclic) bond motifs is 1. The number of allylic oxidation sites excluding steroid dienone is 4. The summed E-state index contributed by atoms with van der Waals surface area (Å²) in [5.41, 5.74) is 3.53. The van der Waals surface area contributed by atoms with Gasteiger partial charge in [0.25, 0.3) is 0 Å². The largest absolute Gasteiger partial charge is 0.483 e. The van der Waals surface area contributed by atoms with E-state index in [4.69, 9.17) is 9.84 Å². The number of hydrogen-bond donors (Lipinski definition) is 1. The number of carboxylic acids is 1. The average Bonchev–Trinajstić information content (AvgIpc) is 2.53. The molecule has 0 saturated heterocycles. The fraction of sp³-hybridized carbons (Fsp3) is 0.409. The Morgan fingerprint density at radius 1 is 1.20 bits per heavy atom. The predicted octanol–water partition coefficient (Wildman–Crippen LogP) is 6.02. The van der Waals surface area contributed by atoms with Gasteiger partial charge in [-0.2, -0.15) is 0 Å². The molecule has 134 valence electrons. The van der Waals surface area contributed by atoms with Crippen LogP contribution < -0.4 is 4.74 Å². The quantitative estimate of drug-likeness (QED) is 0.617. The summed E-state index contributed by atoms with van der Waals surface area (Å²) < 4.78 is 6.13. The molecule has 0 aromatic heterocycles. The minimum absolute atomic E-state index is 0.283. The van der Waals surface area contributed by atoms with Gasteiger partial charge in [-0.25, -0.2) is 4.79 Å². The third kappa shape index (κ3) is 5.63. The lowest BCUT2D eigenvalue weighted by Gasteiger charge is -2.31. The van der Waals surface area contributed by atoms with Crippen LogP contribution in [0.4, 0.5) is 0 Å². The Morgan fingerprint density at radius 3 is 2.64 bits per heavy atom. The molecule has 1 atom stereocenters. The standard InChI is InChI=1S/C22H28O3/c1-16(2)7-5-8-17(3)9-6-13-22(4)14-12-18-15-19(21(23)24)10-11-20(18)25-22/h7,9-12,14-15H,5-6,8,13H2,1-4H3,(H,23,24)/t22-/m0/s1. The highest BCUT2D eigenvalue weighted by Crippen LogP contribution is 2.34. The molecule has 25 heavy (non-hydrogen) atoms. The number of ether oxygens (including phenoxy) is 1. The molecule has 3 heteroatoms. The Labute approximate surface area is 150 Å². The molecule has 0 radical (unpaired) electrons. The van der Waals surface area contributed by atoms with Crippen molar-refractivity contribution in [1.82, 2.24) is 0 Å². The van der Waals surface area contributed by atoms with E-state index < -0.39 is 5.97 Å². The van der Waals surface area contributed by atoms with Gasteiger partial charge in [0.15, 0.2) is 0 Å². The van der Waals surface area contributed by atoms with Gasteiger partial charge in [0.2, 0.25) is 0 Å². The third-order valence-corrected chi connectivity index (χ3v) is 4.44. The van der Waals surface area contributed by atoms with Gasteiger partial charge in [-0.3, -0.25) is 0 Å². The van der Waals surface area contributed by atoms with E-state index >= 15 is 0 Å². The van der Waals surface area contributed by atoms with Crippen molar-refractivity contribution in [1.29, 1.82) is 0 Å². The Bertz CT molecular complexity index is 721. The van der Waals surface area contributed by atoms with Gasteiger partial charge in [-0.15, -0.1) is 0 Å². The van der Waals surface area contributed by atoms with Crippen LogP contribution in [0.2, 0.25) is 0 Å². The van der Waals surface area contributed by atoms with Crippen molar-refractivity contribution in [3.8, 4) is 5.75 Å². The highest BCUT2D eigenvalue weighted by molar-refractivity contribution is 5.89. The van der Waals surface area contributed by atoms with Gasteiger partial charge < -0.3 is 9.84 Å². The topological polar surface area (TPSA) is 46.5 Å². The average molecular weight is 340 g/mol. The van der Waals surface area contributed by atoms with Crippen LogP contribution >= 0.6 is 0 Å². The second-order valence-corrected chi connectivity index (χ2v) is 7.22. The maximum absolute atomic E-state index is 11.1.